The Hall–Kier alpha value is -0.330. The highest BCUT2D eigenvalue weighted by atomic mass is 79.9. The number of benzene rings is 1. The molecule has 2 N–H and O–H groups in total. The van der Waals surface area contributed by atoms with E-state index < -0.39 is 6.10 Å². The van der Waals surface area contributed by atoms with Gasteiger partial charge in [0.1, 0.15) is 0 Å². The van der Waals surface area contributed by atoms with Gasteiger partial charge in [-0.1, -0.05) is 11.6 Å². The maximum atomic E-state index is 9.69. The summed E-state index contributed by atoms with van der Waals surface area (Å²) in [5.41, 5.74) is 0.846. The summed E-state index contributed by atoms with van der Waals surface area (Å²) in [6, 6.07) is 5.44. The summed E-state index contributed by atoms with van der Waals surface area (Å²) in [6.07, 6.45) is -0.576. The minimum Gasteiger partial charge on any atom is -0.389 e. The molecule has 1 aromatic rings. The number of rotatable bonds is 8. The number of methoxy groups -OCH3 is 1. The second-order valence-electron chi connectivity index (χ2n) is 3.73. The summed E-state index contributed by atoms with van der Waals surface area (Å²) >= 11 is 9.29. The third kappa shape index (κ3) is 6.02. The Kier molecular flexibility index (Phi) is 7.62. The molecule has 102 valence electrons. The van der Waals surface area contributed by atoms with Crippen molar-refractivity contribution in [2.45, 2.75) is 6.10 Å². The molecule has 0 saturated carbocycles. The lowest BCUT2D eigenvalue weighted by molar-refractivity contribution is 0.0182. The second-order valence-corrected chi connectivity index (χ2v) is 5.02. The van der Waals surface area contributed by atoms with Crippen LogP contribution in [0, 0.1) is 0 Å². The first-order chi connectivity index (χ1) is 8.63. The van der Waals surface area contributed by atoms with Crippen molar-refractivity contribution in [2.24, 2.45) is 0 Å². The van der Waals surface area contributed by atoms with Gasteiger partial charge in [-0.25, -0.2) is 0 Å². The zero-order valence-corrected chi connectivity index (χ0v) is 12.5. The Morgan fingerprint density at radius 1 is 1.44 bits per heavy atom. The van der Waals surface area contributed by atoms with E-state index >= 15 is 0 Å². The predicted octanol–water partition coefficient (Wildman–Crippen LogP) is 2.54. The van der Waals surface area contributed by atoms with Crippen LogP contribution in [0.3, 0.4) is 0 Å². The molecule has 0 saturated heterocycles. The Bertz CT molecular complexity index is 365. The molecule has 0 fully saturated rings. The Labute approximate surface area is 120 Å². The van der Waals surface area contributed by atoms with Crippen LogP contribution in [0.1, 0.15) is 0 Å². The molecule has 0 bridgehead atoms. The highest BCUT2D eigenvalue weighted by Gasteiger charge is 2.06. The minimum atomic E-state index is -0.576. The van der Waals surface area contributed by atoms with Gasteiger partial charge in [0, 0.05) is 28.8 Å². The molecule has 0 aromatic heterocycles. The maximum absolute atomic E-state index is 9.69. The molecule has 4 nitrogen and oxygen atoms in total. The van der Waals surface area contributed by atoms with Gasteiger partial charge in [0.15, 0.2) is 0 Å². The quantitative estimate of drug-likeness (QED) is 0.715. The van der Waals surface area contributed by atoms with Gasteiger partial charge in [-0.05, 0) is 34.1 Å². The summed E-state index contributed by atoms with van der Waals surface area (Å²) in [7, 11) is 1.61. The van der Waals surface area contributed by atoms with Crippen molar-refractivity contribution in [3.63, 3.8) is 0 Å². The fraction of sp³-hybridized carbons (Fsp3) is 0.500. The van der Waals surface area contributed by atoms with Gasteiger partial charge >= 0.3 is 0 Å². The number of aliphatic hydroxyl groups excluding tert-OH is 1. The number of ether oxygens (including phenoxy) is 2. The van der Waals surface area contributed by atoms with Crippen LogP contribution in [0.25, 0.3) is 0 Å². The molecular weight excluding hydrogens is 321 g/mol. The first-order valence-electron chi connectivity index (χ1n) is 5.57. The van der Waals surface area contributed by atoms with Crippen molar-refractivity contribution in [3.8, 4) is 0 Å². The zero-order valence-electron chi connectivity index (χ0n) is 10.2. The van der Waals surface area contributed by atoms with Gasteiger partial charge in [-0.3, -0.25) is 0 Å². The van der Waals surface area contributed by atoms with E-state index in [2.05, 4.69) is 21.2 Å². The molecule has 0 spiro atoms. The summed E-state index contributed by atoms with van der Waals surface area (Å²) in [4.78, 5) is 0. The van der Waals surface area contributed by atoms with E-state index in [1.165, 1.54) is 0 Å². The number of aliphatic hydroxyl groups is 1. The normalized spacial score (nSPS) is 12.4. The Morgan fingerprint density at radius 3 is 2.94 bits per heavy atom. The van der Waals surface area contributed by atoms with Crippen molar-refractivity contribution in [3.05, 3.63) is 27.7 Å². The van der Waals surface area contributed by atoms with E-state index in [-0.39, 0.29) is 6.61 Å². The van der Waals surface area contributed by atoms with Gasteiger partial charge < -0.3 is 19.9 Å². The second kappa shape index (κ2) is 8.72. The van der Waals surface area contributed by atoms with Gasteiger partial charge in [0.25, 0.3) is 0 Å². The molecule has 1 unspecified atom stereocenters. The van der Waals surface area contributed by atoms with Crippen LogP contribution in [0.15, 0.2) is 22.7 Å². The monoisotopic (exact) mass is 337 g/mol. The number of nitrogens with one attached hydrogen (secondary N) is 1. The molecule has 18 heavy (non-hydrogen) atoms. The number of hydrogen-bond acceptors (Lipinski definition) is 4. The highest BCUT2D eigenvalue weighted by Crippen LogP contribution is 2.25. The lowest BCUT2D eigenvalue weighted by atomic mass is 10.3. The summed E-state index contributed by atoms with van der Waals surface area (Å²) in [6.45, 7) is 1.68. The maximum Gasteiger partial charge on any atom is 0.0945 e. The Morgan fingerprint density at radius 2 is 2.22 bits per heavy atom. The Balaban J connectivity index is 2.29. The fourth-order valence-electron chi connectivity index (χ4n) is 1.28. The smallest absolute Gasteiger partial charge is 0.0945 e. The molecule has 1 atom stereocenters. The van der Waals surface area contributed by atoms with E-state index in [1.807, 2.05) is 6.07 Å². The fourth-order valence-corrected chi connectivity index (χ4v) is 1.84. The van der Waals surface area contributed by atoms with E-state index in [0.717, 1.165) is 10.2 Å². The number of halogens is 2. The van der Waals surface area contributed by atoms with Crippen LogP contribution in [0.2, 0.25) is 5.02 Å². The first kappa shape index (κ1) is 15.7. The predicted molar refractivity (Wildman–Crippen MR) is 76.3 cm³/mol. The van der Waals surface area contributed by atoms with E-state index in [9.17, 15) is 5.11 Å². The van der Waals surface area contributed by atoms with Crippen LogP contribution in [0.4, 0.5) is 5.69 Å². The van der Waals surface area contributed by atoms with Crippen molar-refractivity contribution in [1.29, 1.82) is 0 Å². The van der Waals surface area contributed by atoms with Crippen molar-refractivity contribution < 1.29 is 14.6 Å². The molecule has 1 aromatic carbocycles. The van der Waals surface area contributed by atoms with Gasteiger partial charge in [-0.15, -0.1) is 0 Å². The van der Waals surface area contributed by atoms with Crippen LogP contribution in [-0.4, -0.2) is 44.7 Å². The molecule has 0 aliphatic rings. The number of anilines is 1. The van der Waals surface area contributed by atoms with Crippen LogP contribution in [0.5, 0.6) is 0 Å². The van der Waals surface area contributed by atoms with Gasteiger partial charge in [-0.2, -0.15) is 0 Å². The van der Waals surface area contributed by atoms with Crippen molar-refractivity contribution in [2.75, 3.05) is 38.8 Å². The molecule has 0 aliphatic heterocycles. The van der Waals surface area contributed by atoms with Gasteiger partial charge in [0.2, 0.25) is 0 Å². The lowest BCUT2D eigenvalue weighted by Crippen LogP contribution is -2.25. The third-order valence-electron chi connectivity index (χ3n) is 2.20. The third-order valence-corrected chi connectivity index (χ3v) is 3.13. The van der Waals surface area contributed by atoms with Crippen LogP contribution >= 0.6 is 27.5 Å². The average molecular weight is 339 g/mol. The average Bonchev–Trinajstić information content (AvgIpc) is 2.36. The molecule has 1 rings (SSSR count). The molecule has 0 radical (unpaired) electrons. The topological polar surface area (TPSA) is 50.7 Å². The highest BCUT2D eigenvalue weighted by molar-refractivity contribution is 9.10. The van der Waals surface area contributed by atoms with Gasteiger partial charge in [0.05, 0.1) is 25.9 Å². The molecule has 0 amide bonds. The first-order valence-corrected chi connectivity index (χ1v) is 6.74. The van der Waals surface area contributed by atoms with Crippen LogP contribution in [-0.2, 0) is 9.47 Å². The zero-order chi connectivity index (χ0) is 13.4. The molecule has 0 aliphatic carbocycles. The number of hydrogen-bond donors (Lipinski definition) is 2. The molecular formula is C12H17BrClNO3. The summed E-state index contributed by atoms with van der Waals surface area (Å²) < 4.78 is 11.0. The minimum absolute atomic E-state index is 0.272. The van der Waals surface area contributed by atoms with Crippen molar-refractivity contribution >= 4 is 33.2 Å². The standard InChI is InChI=1S/C12H17BrClNO3/c1-17-4-5-18-8-10(16)7-15-12-6-9(14)2-3-11(12)13/h2-3,6,10,15-16H,4-5,7-8H2,1H3. The van der Waals surface area contributed by atoms with Crippen LogP contribution < -0.4 is 5.32 Å². The molecule has 6 heteroatoms. The van der Waals surface area contributed by atoms with E-state index in [4.69, 9.17) is 21.1 Å². The lowest BCUT2D eigenvalue weighted by Gasteiger charge is -2.14. The summed E-state index contributed by atoms with van der Waals surface area (Å²) in [5, 5.41) is 13.4. The summed E-state index contributed by atoms with van der Waals surface area (Å²) in [5.74, 6) is 0. The van der Waals surface area contributed by atoms with E-state index in [1.54, 1.807) is 19.2 Å². The SMILES string of the molecule is COCCOCC(O)CNc1cc(Cl)ccc1Br. The van der Waals surface area contributed by atoms with E-state index in [0.29, 0.717) is 24.8 Å². The molecule has 0 heterocycles. The van der Waals surface area contributed by atoms with Crippen molar-refractivity contribution in [1.82, 2.24) is 0 Å². The largest absolute Gasteiger partial charge is 0.389 e.